The van der Waals surface area contributed by atoms with Gasteiger partial charge in [0.15, 0.2) is 0 Å². The van der Waals surface area contributed by atoms with Gasteiger partial charge < -0.3 is 9.80 Å². The van der Waals surface area contributed by atoms with E-state index in [9.17, 15) is 9.59 Å². The summed E-state index contributed by atoms with van der Waals surface area (Å²) in [6.45, 7) is 7.60. The van der Waals surface area contributed by atoms with Gasteiger partial charge in [0, 0.05) is 46.8 Å². The van der Waals surface area contributed by atoms with E-state index in [2.05, 4.69) is 41.0 Å². The summed E-state index contributed by atoms with van der Waals surface area (Å²) in [6, 6.07) is 8.48. The van der Waals surface area contributed by atoms with Crippen molar-refractivity contribution in [1.82, 2.24) is 19.6 Å². The van der Waals surface area contributed by atoms with E-state index < -0.39 is 0 Å². The summed E-state index contributed by atoms with van der Waals surface area (Å²) in [4.78, 5) is 33.1. The number of amides is 2. The average Bonchev–Trinajstić information content (AvgIpc) is 3.09. The van der Waals surface area contributed by atoms with Crippen molar-refractivity contribution in [3.63, 3.8) is 0 Å². The van der Waals surface area contributed by atoms with E-state index >= 15 is 0 Å². The highest BCUT2D eigenvalue weighted by Crippen LogP contribution is 2.19. The van der Waals surface area contributed by atoms with Gasteiger partial charge in [0.05, 0.1) is 12.6 Å². The Morgan fingerprint density at radius 2 is 1.85 bits per heavy atom. The van der Waals surface area contributed by atoms with Crippen LogP contribution in [0.5, 0.6) is 0 Å². The Balaban J connectivity index is 1.47. The van der Waals surface area contributed by atoms with Crippen molar-refractivity contribution in [3.8, 4) is 0 Å². The second kappa shape index (κ2) is 8.85. The fraction of sp³-hybridized carbons (Fsp3) is 0.619. The monoisotopic (exact) mass is 372 g/mol. The summed E-state index contributed by atoms with van der Waals surface area (Å²) in [5.41, 5.74) is 2.62. The van der Waals surface area contributed by atoms with Crippen LogP contribution in [0.3, 0.4) is 0 Å². The summed E-state index contributed by atoms with van der Waals surface area (Å²) >= 11 is 0. The molecule has 2 aliphatic rings. The number of likely N-dealkylation sites (tertiary alicyclic amines) is 1. The molecule has 2 fully saturated rings. The molecule has 1 aromatic carbocycles. The van der Waals surface area contributed by atoms with Gasteiger partial charge in [-0.15, -0.1) is 0 Å². The van der Waals surface area contributed by atoms with Crippen LogP contribution >= 0.6 is 0 Å². The van der Waals surface area contributed by atoms with Gasteiger partial charge in [-0.05, 0) is 31.9 Å². The maximum absolute atomic E-state index is 12.7. The zero-order valence-corrected chi connectivity index (χ0v) is 16.9. The van der Waals surface area contributed by atoms with Crippen LogP contribution in [0.2, 0.25) is 0 Å². The number of likely N-dealkylation sites (N-methyl/N-ethyl adjacent to an activating group) is 1. The van der Waals surface area contributed by atoms with E-state index in [1.54, 1.807) is 19.0 Å². The smallest absolute Gasteiger partial charge is 0.239 e. The van der Waals surface area contributed by atoms with E-state index in [0.29, 0.717) is 6.54 Å². The van der Waals surface area contributed by atoms with Crippen molar-refractivity contribution in [2.24, 2.45) is 0 Å². The molecule has 0 aliphatic carbocycles. The molecule has 1 atom stereocenters. The predicted molar refractivity (Wildman–Crippen MR) is 106 cm³/mol. The van der Waals surface area contributed by atoms with Gasteiger partial charge in [0.1, 0.15) is 0 Å². The largest absolute Gasteiger partial charge is 0.347 e. The summed E-state index contributed by atoms with van der Waals surface area (Å²) in [5, 5.41) is 0. The quantitative estimate of drug-likeness (QED) is 0.779. The molecule has 148 valence electrons. The minimum Gasteiger partial charge on any atom is -0.347 e. The van der Waals surface area contributed by atoms with E-state index in [1.165, 1.54) is 11.1 Å². The van der Waals surface area contributed by atoms with Crippen LogP contribution < -0.4 is 0 Å². The Morgan fingerprint density at radius 3 is 2.52 bits per heavy atom. The van der Waals surface area contributed by atoms with Gasteiger partial charge in [0.25, 0.3) is 0 Å². The molecule has 1 aromatic rings. The highest BCUT2D eigenvalue weighted by Gasteiger charge is 2.34. The number of aryl methyl sites for hydroxylation is 1. The average molecular weight is 373 g/mol. The van der Waals surface area contributed by atoms with Crippen molar-refractivity contribution in [3.05, 3.63) is 35.4 Å². The van der Waals surface area contributed by atoms with Crippen LogP contribution in [0, 0.1) is 6.92 Å². The lowest BCUT2D eigenvalue weighted by Gasteiger charge is -2.36. The number of carbonyl (C=O) groups excluding carboxylic acids is 2. The molecule has 2 heterocycles. The van der Waals surface area contributed by atoms with Gasteiger partial charge in [-0.2, -0.15) is 0 Å². The molecule has 6 nitrogen and oxygen atoms in total. The fourth-order valence-corrected chi connectivity index (χ4v) is 4.09. The molecule has 0 bridgehead atoms. The molecule has 6 heteroatoms. The van der Waals surface area contributed by atoms with Crippen molar-refractivity contribution >= 4 is 11.8 Å². The Labute approximate surface area is 162 Å². The molecule has 3 rings (SSSR count). The third-order valence-electron chi connectivity index (χ3n) is 5.64. The highest BCUT2D eigenvalue weighted by atomic mass is 16.2. The maximum Gasteiger partial charge on any atom is 0.239 e. The molecule has 0 spiro atoms. The van der Waals surface area contributed by atoms with Crippen LogP contribution in [0.15, 0.2) is 24.3 Å². The van der Waals surface area contributed by atoms with E-state index in [4.69, 9.17) is 0 Å². The third kappa shape index (κ3) is 5.08. The molecule has 0 radical (unpaired) electrons. The number of hydrogen-bond acceptors (Lipinski definition) is 4. The van der Waals surface area contributed by atoms with Gasteiger partial charge in [-0.3, -0.25) is 19.4 Å². The first-order valence-corrected chi connectivity index (χ1v) is 9.95. The molecule has 0 N–H and O–H groups in total. The molecule has 2 saturated heterocycles. The van der Waals surface area contributed by atoms with Crippen molar-refractivity contribution in [2.75, 3.05) is 53.4 Å². The topological polar surface area (TPSA) is 47.1 Å². The molecule has 1 unspecified atom stereocenters. The van der Waals surface area contributed by atoms with Crippen molar-refractivity contribution in [2.45, 2.75) is 32.4 Å². The number of rotatable bonds is 5. The van der Waals surface area contributed by atoms with Crippen molar-refractivity contribution in [1.29, 1.82) is 0 Å². The third-order valence-corrected chi connectivity index (χ3v) is 5.64. The maximum atomic E-state index is 12.7. The Bertz CT molecular complexity index is 668. The molecule has 0 aromatic heterocycles. The lowest BCUT2D eigenvalue weighted by molar-refractivity contribution is -0.137. The standard InChI is InChI=1S/C21H32N4O2/c1-17-6-4-7-18(14-17)15-23-10-12-24(13-11-23)20(26)16-25-9-5-8-19(25)21(27)22(2)3/h4,6-7,14,19H,5,8-13,15-16H2,1-3H3. The zero-order valence-electron chi connectivity index (χ0n) is 16.9. The number of hydrogen-bond donors (Lipinski definition) is 0. The van der Waals surface area contributed by atoms with Gasteiger partial charge in [-0.25, -0.2) is 0 Å². The summed E-state index contributed by atoms with van der Waals surface area (Å²) in [7, 11) is 3.57. The fourth-order valence-electron chi connectivity index (χ4n) is 4.09. The van der Waals surface area contributed by atoms with Gasteiger partial charge in [-0.1, -0.05) is 29.8 Å². The van der Waals surface area contributed by atoms with Crippen LogP contribution in [0.25, 0.3) is 0 Å². The Kier molecular flexibility index (Phi) is 6.50. The lowest BCUT2D eigenvalue weighted by atomic mass is 10.1. The van der Waals surface area contributed by atoms with Crippen LogP contribution in [-0.2, 0) is 16.1 Å². The summed E-state index contributed by atoms with van der Waals surface area (Å²) < 4.78 is 0. The first kappa shape index (κ1) is 19.8. The number of carbonyl (C=O) groups is 2. The van der Waals surface area contributed by atoms with Crippen LogP contribution in [0.4, 0.5) is 0 Å². The number of benzene rings is 1. The zero-order chi connectivity index (χ0) is 19.4. The van der Waals surface area contributed by atoms with Gasteiger partial charge in [0.2, 0.25) is 11.8 Å². The molecule has 27 heavy (non-hydrogen) atoms. The number of piperazine rings is 1. The molecule has 2 aliphatic heterocycles. The van der Waals surface area contributed by atoms with Crippen LogP contribution in [0.1, 0.15) is 24.0 Å². The Morgan fingerprint density at radius 1 is 1.11 bits per heavy atom. The minimum atomic E-state index is -0.133. The summed E-state index contributed by atoms with van der Waals surface area (Å²) in [5.74, 6) is 0.270. The van der Waals surface area contributed by atoms with Crippen LogP contribution in [-0.4, -0.2) is 90.8 Å². The molecule has 0 saturated carbocycles. The van der Waals surface area contributed by atoms with E-state index in [1.807, 2.05) is 4.90 Å². The Hall–Kier alpha value is -1.92. The molecule has 2 amide bonds. The lowest BCUT2D eigenvalue weighted by Crippen LogP contribution is -2.52. The second-order valence-corrected chi connectivity index (χ2v) is 8.01. The van der Waals surface area contributed by atoms with Crippen molar-refractivity contribution < 1.29 is 9.59 Å². The number of nitrogens with zero attached hydrogens (tertiary/aromatic N) is 4. The first-order valence-electron chi connectivity index (χ1n) is 9.95. The second-order valence-electron chi connectivity index (χ2n) is 8.01. The first-order chi connectivity index (χ1) is 12.9. The predicted octanol–water partition coefficient (Wildman–Crippen LogP) is 1.19. The SMILES string of the molecule is Cc1cccc(CN2CCN(C(=O)CN3CCCC3C(=O)N(C)C)CC2)c1. The summed E-state index contributed by atoms with van der Waals surface area (Å²) in [6.07, 6.45) is 1.84. The normalized spacial score (nSPS) is 21.4. The highest BCUT2D eigenvalue weighted by molar-refractivity contribution is 5.83. The molecular weight excluding hydrogens is 340 g/mol. The van der Waals surface area contributed by atoms with Gasteiger partial charge >= 0.3 is 0 Å². The molecular formula is C21H32N4O2. The van der Waals surface area contributed by atoms with E-state index in [-0.39, 0.29) is 17.9 Å². The minimum absolute atomic E-state index is 0.114. The van der Waals surface area contributed by atoms with E-state index in [0.717, 1.165) is 52.1 Å².